The standard InChI is InChI=1S/C16H20N4O2S/c1-12-13(2)18-15(14-5-3-6-17-11-14)19-16(12)20-7-4-9-23(21,22)10-8-20/h3,5-6,11H,4,7-10H2,1-2H3. The Bertz CT molecular complexity index is 806. The third kappa shape index (κ3) is 3.50. The quantitative estimate of drug-likeness (QED) is 0.834. The highest BCUT2D eigenvalue weighted by molar-refractivity contribution is 7.91. The van der Waals surface area contributed by atoms with Gasteiger partial charge in [0.2, 0.25) is 0 Å². The van der Waals surface area contributed by atoms with Gasteiger partial charge in [-0.05, 0) is 32.4 Å². The van der Waals surface area contributed by atoms with Crippen LogP contribution in [-0.4, -0.2) is 48.0 Å². The van der Waals surface area contributed by atoms with Crippen LogP contribution in [0.25, 0.3) is 11.4 Å². The SMILES string of the molecule is Cc1nc(-c2cccnc2)nc(N2CCCS(=O)(=O)CC2)c1C. The Kier molecular flexibility index (Phi) is 4.30. The van der Waals surface area contributed by atoms with Gasteiger partial charge >= 0.3 is 0 Å². The van der Waals surface area contributed by atoms with E-state index in [2.05, 4.69) is 14.9 Å². The highest BCUT2D eigenvalue weighted by Crippen LogP contribution is 2.25. The molecule has 1 saturated heterocycles. The van der Waals surface area contributed by atoms with Gasteiger partial charge in [-0.1, -0.05) is 0 Å². The van der Waals surface area contributed by atoms with E-state index in [0.29, 0.717) is 25.3 Å². The Morgan fingerprint density at radius 2 is 1.96 bits per heavy atom. The minimum atomic E-state index is -2.94. The summed E-state index contributed by atoms with van der Waals surface area (Å²) in [5.41, 5.74) is 2.76. The summed E-state index contributed by atoms with van der Waals surface area (Å²) in [5, 5.41) is 0. The molecule has 3 heterocycles. The average Bonchev–Trinajstić information content (AvgIpc) is 2.71. The molecule has 0 N–H and O–H groups in total. The highest BCUT2D eigenvalue weighted by atomic mass is 32.2. The van der Waals surface area contributed by atoms with Crippen molar-refractivity contribution in [2.75, 3.05) is 29.5 Å². The Hall–Kier alpha value is -2.02. The van der Waals surface area contributed by atoms with Crippen molar-refractivity contribution in [2.24, 2.45) is 0 Å². The lowest BCUT2D eigenvalue weighted by Gasteiger charge is -2.24. The second-order valence-corrected chi connectivity index (χ2v) is 8.12. The van der Waals surface area contributed by atoms with Crippen molar-refractivity contribution < 1.29 is 8.42 Å². The molecule has 23 heavy (non-hydrogen) atoms. The third-order valence-corrected chi connectivity index (χ3v) is 5.85. The fourth-order valence-corrected chi connectivity index (χ4v) is 3.97. The molecule has 7 heteroatoms. The molecule has 2 aromatic rings. The van der Waals surface area contributed by atoms with Gasteiger partial charge in [0.1, 0.15) is 5.82 Å². The van der Waals surface area contributed by atoms with Crippen molar-refractivity contribution in [1.82, 2.24) is 15.0 Å². The first kappa shape index (κ1) is 15.9. The number of hydrogen-bond donors (Lipinski definition) is 0. The van der Waals surface area contributed by atoms with Crippen LogP contribution in [0.1, 0.15) is 17.7 Å². The smallest absolute Gasteiger partial charge is 0.163 e. The molecule has 0 aliphatic carbocycles. The number of rotatable bonds is 2. The Morgan fingerprint density at radius 3 is 2.70 bits per heavy atom. The van der Waals surface area contributed by atoms with E-state index in [1.54, 1.807) is 12.4 Å². The van der Waals surface area contributed by atoms with Crippen LogP contribution in [0.3, 0.4) is 0 Å². The average molecular weight is 332 g/mol. The van der Waals surface area contributed by atoms with Crippen molar-refractivity contribution in [1.29, 1.82) is 0 Å². The zero-order valence-corrected chi connectivity index (χ0v) is 14.2. The van der Waals surface area contributed by atoms with Crippen LogP contribution in [-0.2, 0) is 9.84 Å². The fourth-order valence-electron chi connectivity index (χ4n) is 2.70. The lowest BCUT2D eigenvalue weighted by molar-refractivity contribution is 0.597. The van der Waals surface area contributed by atoms with E-state index >= 15 is 0 Å². The molecule has 0 saturated carbocycles. The summed E-state index contributed by atoms with van der Waals surface area (Å²) in [5.74, 6) is 1.89. The van der Waals surface area contributed by atoms with Gasteiger partial charge in [-0.3, -0.25) is 4.98 Å². The molecule has 0 bridgehead atoms. The van der Waals surface area contributed by atoms with Gasteiger partial charge < -0.3 is 4.90 Å². The highest BCUT2D eigenvalue weighted by Gasteiger charge is 2.22. The van der Waals surface area contributed by atoms with E-state index < -0.39 is 9.84 Å². The van der Waals surface area contributed by atoms with Crippen LogP contribution in [0.15, 0.2) is 24.5 Å². The first-order chi connectivity index (χ1) is 11.0. The maximum absolute atomic E-state index is 11.8. The second-order valence-electron chi connectivity index (χ2n) is 5.82. The Morgan fingerprint density at radius 1 is 1.13 bits per heavy atom. The monoisotopic (exact) mass is 332 g/mol. The van der Waals surface area contributed by atoms with Crippen LogP contribution in [0.5, 0.6) is 0 Å². The van der Waals surface area contributed by atoms with Crippen molar-refractivity contribution in [2.45, 2.75) is 20.3 Å². The molecule has 1 fully saturated rings. The molecule has 0 amide bonds. The Labute approximate surface area is 136 Å². The van der Waals surface area contributed by atoms with Gasteiger partial charge in [0.15, 0.2) is 15.7 Å². The normalized spacial score (nSPS) is 17.7. The van der Waals surface area contributed by atoms with Gasteiger partial charge in [0.25, 0.3) is 0 Å². The number of pyridine rings is 1. The molecule has 1 aliphatic rings. The summed E-state index contributed by atoms with van der Waals surface area (Å²) >= 11 is 0. The van der Waals surface area contributed by atoms with Crippen molar-refractivity contribution >= 4 is 15.7 Å². The first-order valence-corrected chi connectivity index (χ1v) is 9.49. The molecule has 1 aliphatic heterocycles. The minimum Gasteiger partial charge on any atom is -0.355 e. The van der Waals surface area contributed by atoms with Gasteiger partial charge in [-0.25, -0.2) is 18.4 Å². The number of anilines is 1. The Balaban J connectivity index is 2.00. The van der Waals surface area contributed by atoms with E-state index in [9.17, 15) is 8.42 Å². The minimum absolute atomic E-state index is 0.178. The summed E-state index contributed by atoms with van der Waals surface area (Å²) in [4.78, 5) is 15.4. The first-order valence-electron chi connectivity index (χ1n) is 7.67. The molecule has 0 atom stereocenters. The maximum Gasteiger partial charge on any atom is 0.163 e. The van der Waals surface area contributed by atoms with Gasteiger partial charge in [-0.2, -0.15) is 0 Å². The molecular weight excluding hydrogens is 312 g/mol. The molecule has 3 rings (SSSR count). The summed E-state index contributed by atoms with van der Waals surface area (Å²) < 4.78 is 23.6. The topological polar surface area (TPSA) is 76.1 Å². The van der Waals surface area contributed by atoms with Gasteiger partial charge in [-0.15, -0.1) is 0 Å². The number of nitrogens with zero attached hydrogens (tertiary/aromatic N) is 4. The van der Waals surface area contributed by atoms with E-state index in [-0.39, 0.29) is 11.5 Å². The van der Waals surface area contributed by atoms with Gasteiger partial charge in [0, 0.05) is 42.3 Å². The van der Waals surface area contributed by atoms with Crippen molar-refractivity contribution in [3.8, 4) is 11.4 Å². The number of sulfone groups is 1. The van der Waals surface area contributed by atoms with Crippen molar-refractivity contribution in [3.05, 3.63) is 35.8 Å². The third-order valence-electron chi connectivity index (χ3n) is 4.14. The molecule has 0 radical (unpaired) electrons. The maximum atomic E-state index is 11.8. The number of hydrogen-bond acceptors (Lipinski definition) is 6. The van der Waals surface area contributed by atoms with E-state index in [1.165, 1.54) is 0 Å². The van der Waals surface area contributed by atoms with Crippen LogP contribution < -0.4 is 4.90 Å². The van der Waals surface area contributed by atoms with Crippen LogP contribution in [0.2, 0.25) is 0 Å². The van der Waals surface area contributed by atoms with Crippen LogP contribution in [0, 0.1) is 13.8 Å². The molecule has 0 aromatic carbocycles. The summed E-state index contributed by atoms with van der Waals surface area (Å²) in [6, 6.07) is 3.78. The largest absolute Gasteiger partial charge is 0.355 e. The van der Waals surface area contributed by atoms with Crippen molar-refractivity contribution in [3.63, 3.8) is 0 Å². The van der Waals surface area contributed by atoms with E-state index in [4.69, 9.17) is 4.98 Å². The second kappa shape index (κ2) is 6.23. The molecule has 0 unspecified atom stereocenters. The summed E-state index contributed by atoms with van der Waals surface area (Å²) in [6.45, 7) is 5.11. The predicted molar refractivity (Wildman–Crippen MR) is 90.2 cm³/mol. The summed E-state index contributed by atoms with van der Waals surface area (Å²) in [6.07, 6.45) is 4.08. The number of aryl methyl sites for hydroxylation is 1. The molecule has 6 nitrogen and oxygen atoms in total. The molecule has 2 aromatic heterocycles. The van der Waals surface area contributed by atoms with Gasteiger partial charge in [0.05, 0.1) is 11.5 Å². The fraction of sp³-hybridized carbons (Fsp3) is 0.438. The van der Waals surface area contributed by atoms with E-state index in [0.717, 1.165) is 22.6 Å². The van der Waals surface area contributed by atoms with Crippen LogP contribution >= 0.6 is 0 Å². The zero-order valence-electron chi connectivity index (χ0n) is 13.4. The zero-order chi connectivity index (χ0) is 16.4. The summed E-state index contributed by atoms with van der Waals surface area (Å²) in [7, 11) is -2.94. The lowest BCUT2D eigenvalue weighted by atomic mass is 10.2. The molecule has 0 spiro atoms. The lowest BCUT2D eigenvalue weighted by Crippen LogP contribution is -2.29. The molecular formula is C16H20N4O2S. The van der Waals surface area contributed by atoms with E-state index in [1.807, 2.05) is 26.0 Å². The predicted octanol–water partition coefficient (Wildman–Crippen LogP) is 1.78. The number of aromatic nitrogens is 3. The van der Waals surface area contributed by atoms with Crippen LogP contribution in [0.4, 0.5) is 5.82 Å². The molecule has 122 valence electrons.